The maximum absolute atomic E-state index is 12.8. The van der Waals surface area contributed by atoms with Gasteiger partial charge in [-0.2, -0.15) is 18.3 Å². The van der Waals surface area contributed by atoms with Crippen LogP contribution in [0, 0.1) is 0 Å². The number of oxazole rings is 1. The minimum atomic E-state index is -4.42. The zero-order valence-corrected chi connectivity index (χ0v) is 14.3. The number of fused-ring (bicyclic) bond motifs is 1. The highest BCUT2D eigenvalue weighted by atomic mass is 19.4. The van der Waals surface area contributed by atoms with Crippen LogP contribution >= 0.6 is 0 Å². The van der Waals surface area contributed by atoms with Gasteiger partial charge in [0.25, 0.3) is 0 Å². The molecule has 0 spiro atoms. The van der Waals surface area contributed by atoms with Gasteiger partial charge in [0.1, 0.15) is 5.52 Å². The Bertz CT molecular complexity index is 868. The fourth-order valence-corrected chi connectivity index (χ4v) is 3.53. The first-order valence-electron chi connectivity index (χ1n) is 8.64. The first-order valence-corrected chi connectivity index (χ1v) is 8.64. The summed E-state index contributed by atoms with van der Waals surface area (Å²) in [6.45, 7) is 3.51. The molecule has 0 saturated carbocycles. The van der Waals surface area contributed by atoms with E-state index in [2.05, 4.69) is 20.1 Å². The van der Waals surface area contributed by atoms with Gasteiger partial charge in [-0.3, -0.25) is 10.00 Å². The number of aromatic amines is 1. The number of hydrogen-bond donors (Lipinski definition) is 1. The molecule has 5 nitrogen and oxygen atoms in total. The zero-order valence-electron chi connectivity index (χ0n) is 14.3. The molecule has 3 aromatic rings. The van der Waals surface area contributed by atoms with Crippen LogP contribution in [-0.2, 0) is 6.18 Å². The van der Waals surface area contributed by atoms with Crippen LogP contribution in [0.15, 0.2) is 34.7 Å². The summed E-state index contributed by atoms with van der Waals surface area (Å²) in [5, 5.41) is 5.99. The summed E-state index contributed by atoms with van der Waals surface area (Å²) in [4.78, 5) is 6.75. The number of halogens is 3. The van der Waals surface area contributed by atoms with Gasteiger partial charge in [-0.15, -0.1) is 0 Å². The van der Waals surface area contributed by atoms with Gasteiger partial charge in [0.05, 0.1) is 6.04 Å². The minimum Gasteiger partial charge on any atom is -0.439 e. The molecule has 1 aliphatic rings. The van der Waals surface area contributed by atoms with Gasteiger partial charge in [0, 0.05) is 18.2 Å². The number of alkyl halides is 3. The summed E-state index contributed by atoms with van der Waals surface area (Å²) in [5.74, 6) is 0.617. The molecule has 0 radical (unpaired) electrons. The molecule has 4 rings (SSSR count). The van der Waals surface area contributed by atoms with Crippen LogP contribution in [-0.4, -0.2) is 33.2 Å². The average Bonchev–Trinajstić information content (AvgIpc) is 3.28. The number of piperidine rings is 1. The van der Waals surface area contributed by atoms with E-state index in [9.17, 15) is 13.2 Å². The van der Waals surface area contributed by atoms with E-state index in [0.29, 0.717) is 18.1 Å². The Hall–Kier alpha value is -2.35. The first kappa shape index (κ1) is 17.1. The van der Waals surface area contributed by atoms with Crippen LogP contribution < -0.4 is 0 Å². The summed E-state index contributed by atoms with van der Waals surface area (Å²) in [5.41, 5.74) is 1.22. The summed E-state index contributed by atoms with van der Waals surface area (Å²) in [7, 11) is 0. The van der Waals surface area contributed by atoms with E-state index in [1.54, 1.807) is 0 Å². The van der Waals surface area contributed by atoms with Gasteiger partial charge >= 0.3 is 6.18 Å². The van der Waals surface area contributed by atoms with E-state index < -0.39 is 11.9 Å². The molecule has 2 unspecified atom stereocenters. The van der Waals surface area contributed by atoms with Gasteiger partial charge in [-0.25, -0.2) is 4.98 Å². The number of benzene rings is 1. The number of likely N-dealkylation sites (tertiary alicyclic amines) is 1. The van der Waals surface area contributed by atoms with E-state index >= 15 is 0 Å². The molecule has 2 atom stereocenters. The predicted octanol–water partition coefficient (Wildman–Crippen LogP) is 4.51. The van der Waals surface area contributed by atoms with E-state index in [0.717, 1.165) is 36.6 Å². The molecule has 26 heavy (non-hydrogen) atoms. The molecule has 138 valence electrons. The van der Waals surface area contributed by atoms with Crippen molar-refractivity contribution in [1.82, 2.24) is 20.1 Å². The monoisotopic (exact) mass is 364 g/mol. The largest absolute Gasteiger partial charge is 0.439 e. The van der Waals surface area contributed by atoms with Crippen molar-refractivity contribution in [1.29, 1.82) is 0 Å². The number of nitrogens with zero attached hydrogens (tertiary/aromatic N) is 3. The van der Waals surface area contributed by atoms with Crippen LogP contribution in [0.5, 0.6) is 0 Å². The maximum atomic E-state index is 12.8. The third-order valence-electron chi connectivity index (χ3n) is 5.00. The van der Waals surface area contributed by atoms with E-state index in [1.807, 2.05) is 31.2 Å². The molecule has 1 aliphatic heterocycles. The Morgan fingerprint density at radius 2 is 2.12 bits per heavy atom. The van der Waals surface area contributed by atoms with E-state index in [-0.39, 0.29) is 12.0 Å². The fourth-order valence-electron chi connectivity index (χ4n) is 3.53. The highest BCUT2D eigenvalue weighted by molar-refractivity contribution is 5.72. The SMILES string of the molecule is CC(c1nc2ccccc2o1)N1CCCC(c2cc(C(F)(F)F)n[nH]2)C1. The zero-order chi connectivity index (χ0) is 18.3. The number of H-pyrrole nitrogens is 1. The van der Waals surface area contributed by atoms with Crippen LogP contribution in [0.2, 0.25) is 0 Å². The molecule has 8 heteroatoms. The molecular weight excluding hydrogens is 345 g/mol. The van der Waals surface area contributed by atoms with Crippen LogP contribution in [0.4, 0.5) is 13.2 Å². The van der Waals surface area contributed by atoms with Crippen LogP contribution in [0.25, 0.3) is 11.1 Å². The third-order valence-corrected chi connectivity index (χ3v) is 5.00. The smallest absolute Gasteiger partial charge is 0.435 e. The Morgan fingerprint density at radius 1 is 1.31 bits per heavy atom. The topological polar surface area (TPSA) is 58.0 Å². The molecule has 1 N–H and O–H groups in total. The van der Waals surface area contributed by atoms with E-state index in [4.69, 9.17) is 4.42 Å². The standard InChI is InChI=1S/C18H19F3N4O/c1-11(17-22-13-6-2-3-7-15(13)26-17)25-8-4-5-12(10-25)14-9-16(24-23-14)18(19,20)21/h2-3,6-7,9,11-12H,4-5,8,10H2,1H3,(H,23,24). The number of hydrogen-bond acceptors (Lipinski definition) is 4. The Morgan fingerprint density at radius 3 is 2.85 bits per heavy atom. The van der Waals surface area contributed by atoms with Crippen LogP contribution in [0.3, 0.4) is 0 Å². The van der Waals surface area contributed by atoms with Gasteiger partial charge in [0.2, 0.25) is 5.89 Å². The predicted molar refractivity (Wildman–Crippen MR) is 89.6 cm³/mol. The number of para-hydroxylation sites is 2. The van der Waals surface area contributed by atoms with Crippen molar-refractivity contribution >= 4 is 11.1 Å². The normalized spacial score (nSPS) is 20.5. The lowest BCUT2D eigenvalue weighted by molar-refractivity contribution is -0.141. The van der Waals surface area contributed by atoms with Crippen molar-refractivity contribution in [2.45, 2.75) is 37.9 Å². The van der Waals surface area contributed by atoms with Crippen molar-refractivity contribution in [2.24, 2.45) is 0 Å². The summed E-state index contributed by atoms with van der Waals surface area (Å²) in [6, 6.07) is 8.66. The fraction of sp³-hybridized carbons (Fsp3) is 0.444. The summed E-state index contributed by atoms with van der Waals surface area (Å²) in [6.07, 6.45) is -2.69. The van der Waals surface area contributed by atoms with Crippen LogP contribution in [0.1, 0.15) is 49.0 Å². The van der Waals surface area contributed by atoms with Gasteiger partial charge in [0.15, 0.2) is 11.3 Å². The van der Waals surface area contributed by atoms with Gasteiger partial charge in [-0.1, -0.05) is 12.1 Å². The molecule has 3 heterocycles. The minimum absolute atomic E-state index is 0.0146. The van der Waals surface area contributed by atoms with Gasteiger partial charge < -0.3 is 4.42 Å². The number of rotatable bonds is 3. The third kappa shape index (κ3) is 3.21. The lowest BCUT2D eigenvalue weighted by Gasteiger charge is -2.35. The average molecular weight is 364 g/mol. The quantitative estimate of drug-likeness (QED) is 0.743. The van der Waals surface area contributed by atoms with Crippen molar-refractivity contribution in [3.05, 3.63) is 47.6 Å². The lowest BCUT2D eigenvalue weighted by Crippen LogP contribution is -2.36. The van der Waals surface area contributed by atoms with Crippen molar-refractivity contribution in [3.63, 3.8) is 0 Å². The molecule has 1 saturated heterocycles. The molecule has 2 aromatic heterocycles. The second-order valence-electron chi connectivity index (χ2n) is 6.74. The maximum Gasteiger partial charge on any atom is 0.435 e. The van der Waals surface area contributed by atoms with Crippen molar-refractivity contribution in [2.75, 3.05) is 13.1 Å². The highest BCUT2D eigenvalue weighted by Crippen LogP contribution is 2.34. The lowest BCUT2D eigenvalue weighted by atomic mass is 9.93. The summed E-state index contributed by atoms with van der Waals surface area (Å²) < 4.78 is 44.2. The molecule has 1 fully saturated rings. The Balaban J connectivity index is 1.51. The van der Waals surface area contributed by atoms with Crippen molar-refractivity contribution < 1.29 is 17.6 Å². The molecule has 0 bridgehead atoms. The molecule has 0 aliphatic carbocycles. The molecule has 1 aromatic carbocycles. The number of nitrogens with one attached hydrogen (secondary N) is 1. The van der Waals surface area contributed by atoms with Crippen molar-refractivity contribution in [3.8, 4) is 0 Å². The number of aromatic nitrogens is 3. The van der Waals surface area contributed by atoms with E-state index in [1.165, 1.54) is 0 Å². The molecule has 0 amide bonds. The highest BCUT2D eigenvalue weighted by Gasteiger charge is 2.35. The second kappa shape index (κ2) is 6.42. The molecular formula is C18H19F3N4O. The summed E-state index contributed by atoms with van der Waals surface area (Å²) >= 11 is 0. The second-order valence-corrected chi connectivity index (χ2v) is 6.74. The Labute approximate surface area is 148 Å². The Kier molecular flexibility index (Phi) is 4.22. The first-order chi connectivity index (χ1) is 12.4. The van der Waals surface area contributed by atoms with Gasteiger partial charge in [-0.05, 0) is 44.5 Å².